The van der Waals surface area contributed by atoms with E-state index in [4.69, 9.17) is 32.7 Å². The second-order valence-electron chi connectivity index (χ2n) is 11.8. The van der Waals surface area contributed by atoms with Gasteiger partial charge in [-0.15, -0.1) is 4.72 Å². The van der Waals surface area contributed by atoms with Crippen molar-refractivity contribution < 1.29 is 32.7 Å². The minimum absolute atomic E-state index is 0.0578. The highest BCUT2D eigenvalue weighted by atomic mass is 35.5. The van der Waals surface area contributed by atoms with Crippen molar-refractivity contribution in [3.05, 3.63) is 112 Å². The molecule has 0 amide bonds. The van der Waals surface area contributed by atoms with Gasteiger partial charge in [0.2, 0.25) is 16.8 Å². The smallest absolute Gasteiger partial charge is 0.231 e. The molecule has 4 N–H and O–H groups in total. The second-order valence-corrected chi connectivity index (χ2v) is 16.2. The van der Waals surface area contributed by atoms with Crippen molar-refractivity contribution in [2.24, 2.45) is 0 Å². The molecular formula is C36H31Cl2N5O7S2. The Morgan fingerprint density at radius 1 is 0.885 bits per heavy atom. The van der Waals surface area contributed by atoms with Crippen LogP contribution in [0.3, 0.4) is 0 Å². The first kappa shape index (κ1) is 36.0. The van der Waals surface area contributed by atoms with E-state index in [9.17, 15) is 23.2 Å². The quantitative estimate of drug-likeness (QED) is 0.103. The first-order valence-corrected chi connectivity index (χ1v) is 19.8. The van der Waals surface area contributed by atoms with Gasteiger partial charge < -0.3 is 24.2 Å². The molecule has 0 fully saturated rings. The number of nitrogens with zero attached hydrogens (tertiary/aromatic N) is 3. The van der Waals surface area contributed by atoms with E-state index in [0.717, 1.165) is 0 Å². The highest BCUT2D eigenvalue weighted by Gasteiger charge is 2.31. The summed E-state index contributed by atoms with van der Waals surface area (Å²) in [7, 11) is -3.72. The van der Waals surface area contributed by atoms with Crippen molar-refractivity contribution in [1.29, 1.82) is 0 Å². The van der Waals surface area contributed by atoms with Gasteiger partial charge in [0.1, 0.15) is 34.3 Å². The molecule has 12 nitrogen and oxygen atoms in total. The second kappa shape index (κ2) is 14.5. The molecule has 3 unspecified atom stereocenters. The Bertz CT molecular complexity index is 2440. The fourth-order valence-electron chi connectivity index (χ4n) is 6.12. The van der Waals surface area contributed by atoms with E-state index in [0.29, 0.717) is 60.6 Å². The molecule has 0 spiro atoms. The number of rotatable bonds is 11. The van der Waals surface area contributed by atoms with E-state index in [1.54, 1.807) is 61.7 Å². The fraction of sp³-hybridized carbons (Fsp3) is 0.194. The lowest BCUT2D eigenvalue weighted by atomic mass is 9.93. The first-order chi connectivity index (χ1) is 25.0. The van der Waals surface area contributed by atoms with Crippen LogP contribution in [0.25, 0.3) is 32.9 Å². The monoisotopic (exact) mass is 779 g/mol. The van der Waals surface area contributed by atoms with Crippen LogP contribution in [0.2, 0.25) is 10.0 Å². The summed E-state index contributed by atoms with van der Waals surface area (Å²) in [6.45, 7) is 3.22. The molecule has 0 saturated carbocycles. The van der Waals surface area contributed by atoms with Crippen LogP contribution in [0.15, 0.2) is 79.4 Å². The van der Waals surface area contributed by atoms with Crippen molar-refractivity contribution >= 4 is 66.4 Å². The van der Waals surface area contributed by atoms with Gasteiger partial charge in [0, 0.05) is 69.2 Å². The van der Waals surface area contributed by atoms with Gasteiger partial charge in [-0.25, -0.2) is 13.1 Å². The van der Waals surface area contributed by atoms with Crippen LogP contribution in [0.1, 0.15) is 48.2 Å². The van der Waals surface area contributed by atoms with Gasteiger partial charge in [0.15, 0.2) is 11.5 Å². The first-order valence-electron chi connectivity index (χ1n) is 16.0. The van der Waals surface area contributed by atoms with Crippen LogP contribution in [0.4, 0.5) is 0 Å². The minimum atomic E-state index is -3.72. The SMILES string of the molecule is CC[S+]([O-])NC(c1cc2c(c(-c3cnc4c(O)c(C(NS(=O)(=O)CC)c5ccncc5)cc(Cl)c4c3)c1)OCO2)c1cc(Cl)c2cccnc2c1O. The Hall–Kier alpha value is -4.41. The summed E-state index contributed by atoms with van der Waals surface area (Å²) in [6.07, 6.45) is 6.13. The van der Waals surface area contributed by atoms with Crippen LogP contribution >= 0.6 is 23.2 Å². The van der Waals surface area contributed by atoms with Gasteiger partial charge in [0.05, 0.1) is 21.8 Å². The van der Waals surface area contributed by atoms with Crippen LogP contribution in [0, 0.1) is 0 Å². The Morgan fingerprint density at radius 2 is 1.58 bits per heavy atom. The van der Waals surface area contributed by atoms with Gasteiger partial charge in [-0.05, 0) is 79.6 Å². The maximum atomic E-state index is 13.0. The number of nitrogens with one attached hydrogen (secondary N) is 2. The molecule has 0 aliphatic carbocycles. The van der Waals surface area contributed by atoms with Crippen molar-refractivity contribution in [2.75, 3.05) is 18.3 Å². The summed E-state index contributed by atoms with van der Waals surface area (Å²) in [5.41, 5.74) is 3.19. The van der Waals surface area contributed by atoms with Crippen molar-refractivity contribution in [3.8, 4) is 34.1 Å². The standard InChI is InChI=1S/C36H31Cl2N5O7S2/c1-3-51(46)42-30(25-15-27(37)22-6-5-9-40-32(22)34(25)44)20-12-23(36-29(14-20)49-18-50-36)21-13-24-28(38)16-26(35(45)33(24)41-17-21)31(43-52(47,48)4-2)19-7-10-39-11-8-19/h5-17,30-31,42-45H,3-4,18H2,1-2H3. The normalized spacial score (nSPS) is 14.5. The Labute approximate surface area is 312 Å². The number of hydrogen-bond donors (Lipinski definition) is 4. The lowest BCUT2D eigenvalue weighted by Crippen LogP contribution is -2.30. The average molecular weight is 781 g/mol. The lowest BCUT2D eigenvalue weighted by Gasteiger charge is -2.23. The van der Waals surface area contributed by atoms with Crippen LogP contribution < -0.4 is 18.9 Å². The Kier molecular flexibility index (Phi) is 10.1. The molecular weight excluding hydrogens is 749 g/mol. The summed E-state index contributed by atoms with van der Waals surface area (Å²) < 4.78 is 55.9. The van der Waals surface area contributed by atoms with Gasteiger partial charge in [-0.1, -0.05) is 23.2 Å². The summed E-state index contributed by atoms with van der Waals surface area (Å²) >= 11 is 12.0. The number of benzene rings is 3. The highest BCUT2D eigenvalue weighted by Crippen LogP contribution is 2.48. The van der Waals surface area contributed by atoms with Crippen LogP contribution in [-0.4, -0.2) is 56.4 Å². The zero-order chi connectivity index (χ0) is 36.7. The Balaban J connectivity index is 1.37. The number of phenolic OH excluding ortho intramolecular Hbond substituents is 2. The fourth-order valence-corrected chi connectivity index (χ4v) is 8.13. The molecule has 6 aromatic rings. The van der Waals surface area contributed by atoms with E-state index >= 15 is 0 Å². The van der Waals surface area contributed by atoms with E-state index in [2.05, 4.69) is 24.4 Å². The molecule has 52 heavy (non-hydrogen) atoms. The minimum Gasteiger partial charge on any atom is -0.598 e. The Morgan fingerprint density at radius 3 is 2.29 bits per heavy atom. The lowest BCUT2D eigenvalue weighted by molar-refractivity contribution is 0.174. The molecule has 4 heterocycles. The largest absolute Gasteiger partial charge is 0.598 e. The molecule has 3 aromatic carbocycles. The summed E-state index contributed by atoms with van der Waals surface area (Å²) in [6, 6.07) is 13.3. The number of fused-ring (bicyclic) bond motifs is 3. The molecule has 3 atom stereocenters. The molecule has 7 rings (SSSR count). The third-order valence-electron chi connectivity index (χ3n) is 8.76. The number of sulfonamides is 1. The summed E-state index contributed by atoms with van der Waals surface area (Å²) in [5, 5.41) is 24.5. The van der Waals surface area contributed by atoms with E-state index in [-0.39, 0.29) is 45.9 Å². The third kappa shape index (κ3) is 6.78. The summed E-state index contributed by atoms with van der Waals surface area (Å²) in [4.78, 5) is 13.0. The zero-order valence-corrected chi connectivity index (χ0v) is 30.8. The molecule has 0 radical (unpaired) electrons. The number of pyridine rings is 3. The number of halogens is 2. The average Bonchev–Trinajstić information content (AvgIpc) is 3.65. The topological polar surface area (TPSA) is 179 Å². The van der Waals surface area contributed by atoms with Gasteiger partial charge in [0.25, 0.3) is 0 Å². The molecule has 1 aliphatic rings. The van der Waals surface area contributed by atoms with Gasteiger partial charge in [-0.2, -0.15) is 0 Å². The maximum Gasteiger partial charge on any atom is 0.231 e. The van der Waals surface area contributed by atoms with E-state index in [1.807, 2.05) is 0 Å². The maximum absolute atomic E-state index is 13.0. The number of aromatic nitrogens is 3. The predicted molar refractivity (Wildman–Crippen MR) is 201 cm³/mol. The molecule has 1 aliphatic heterocycles. The number of phenols is 2. The van der Waals surface area contributed by atoms with Gasteiger partial charge in [-0.3, -0.25) is 15.0 Å². The third-order valence-corrected chi connectivity index (χ3v) is 11.8. The van der Waals surface area contributed by atoms with E-state index in [1.165, 1.54) is 31.6 Å². The van der Waals surface area contributed by atoms with E-state index < -0.39 is 33.5 Å². The van der Waals surface area contributed by atoms with Gasteiger partial charge >= 0.3 is 0 Å². The zero-order valence-electron chi connectivity index (χ0n) is 27.6. The molecule has 268 valence electrons. The highest BCUT2D eigenvalue weighted by molar-refractivity contribution is 7.89. The van der Waals surface area contributed by atoms with Crippen LogP contribution in [-0.2, 0) is 21.4 Å². The molecule has 0 bridgehead atoms. The number of ether oxygens (including phenoxy) is 2. The number of hydrogen-bond acceptors (Lipinski definition) is 11. The molecule has 3 aromatic heterocycles. The predicted octanol–water partition coefficient (Wildman–Crippen LogP) is 6.68. The van der Waals surface area contributed by atoms with Crippen molar-refractivity contribution in [1.82, 2.24) is 24.4 Å². The number of aromatic hydroxyl groups is 2. The van der Waals surface area contributed by atoms with Crippen molar-refractivity contribution in [2.45, 2.75) is 25.9 Å². The van der Waals surface area contributed by atoms with Crippen LogP contribution in [0.5, 0.6) is 23.0 Å². The molecule has 16 heteroatoms. The summed E-state index contributed by atoms with van der Waals surface area (Å²) in [5.74, 6) is 0.553. The molecule has 0 saturated heterocycles. The van der Waals surface area contributed by atoms with Crippen molar-refractivity contribution in [3.63, 3.8) is 0 Å².